The topological polar surface area (TPSA) is 159 Å². The van der Waals surface area contributed by atoms with Crippen molar-refractivity contribution in [3.8, 4) is 28.1 Å². The third kappa shape index (κ3) is 8.83. The van der Waals surface area contributed by atoms with E-state index in [0.717, 1.165) is 38.9 Å². The van der Waals surface area contributed by atoms with E-state index in [2.05, 4.69) is 33.3 Å². The maximum absolute atomic E-state index is 14.3. The minimum absolute atomic E-state index is 0.0426. The Morgan fingerprint density at radius 3 is 2.64 bits per heavy atom. The molecule has 0 saturated carbocycles. The molecule has 2 aliphatic heterocycles. The zero-order valence-electron chi connectivity index (χ0n) is 33.6. The van der Waals surface area contributed by atoms with Gasteiger partial charge in [-0.2, -0.15) is 0 Å². The molecule has 2 unspecified atom stereocenters. The highest BCUT2D eigenvalue weighted by Gasteiger charge is 2.39. The van der Waals surface area contributed by atoms with Crippen molar-refractivity contribution in [3.05, 3.63) is 71.5 Å². The second kappa shape index (κ2) is 17.6. The van der Waals surface area contributed by atoms with Crippen LogP contribution in [0.15, 0.2) is 54.9 Å². The average Bonchev–Trinajstić information content (AvgIpc) is 3.49. The molecule has 1 fully saturated rings. The first-order chi connectivity index (χ1) is 27.7. The smallest absolute Gasteiger partial charge is 0.324 e. The number of phenols is 1. The van der Waals surface area contributed by atoms with E-state index in [1.165, 1.54) is 24.9 Å². The molecule has 3 atom stereocenters. The number of esters is 1. The molecule has 6 rings (SSSR count). The second-order valence-corrected chi connectivity index (χ2v) is 16.1. The summed E-state index contributed by atoms with van der Waals surface area (Å²) in [5.41, 5.74) is 7.63. The summed E-state index contributed by atoms with van der Waals surface area (Å²) in [6.07, 6.45) is 4.58. The predicted molar refractivity (Wildman–Crippen MR) is 211 cm³/mol. The third-order valence-corrected chi connectivity index (χ3v) is 10.8. The summed E-state index contributed by atoms with van der Waals surface area (Å²) in [4.78, 5) is 57.9. The lowest BCUT2D eigenvalue weighted by Crippen LogP contribution is -2.62. The van der Waals surface area contributed by atoms with Gasteiger partial charge in [-0.15, -0.1) is 0 Å². The molecule has 2 aliphatic rings. The second-order valence-electron chi connectivity index (χ2n) is 16.1. The number of nitrogens with zero attached hydrogens (tertiary/aromatic N) is 5. The van der Waals surface area contributed by atoms with Gasteiger partial charge in [-0.25, -0.2) is 10.4 Å². The Labute approximate surface area is 335 Å². The number of fused-ring (bicyclic) bond motifs is 6. The minimum Gasteiger partial charge on any atom is -0.508 e. The van der Waals surface area contributed by atoms with Gasteiger partial charge in [-0.1, -0.05) is 48.8 Å². The third-order valence-electron chi connectivity index (χ3n) is 10.8. The normalized spacial score (nSPS) is 19.2. The number of aromatic hydroxyl groups is 1. The molecule has 0 radical (unpaired) electrons. The number of carbonyl (C=O) groups is 4. The largest absolute Gasteiger partial charge is 0.508 e. The zero-order chi connectivity index (χ0) is 41.9. The minimum atomic E-state index is -1.66. The van der Waals surface area contributed by atoms with Crippen molar-refractivity contribution in [3.63, 3.8) is 0 Å². The molecule has 2 aromatic heterocycles. The number of aromatic nitrogens is 2. The maximum atomic E-state index is 14.3. The molecule has 0 spiro atoms. The SMILES string of the molecule is CCn1c(-c2cnccc2COC)c2c3cc(ccc31)-c1cc(O)cc(c1)CC(NC(=O)C(C(C)C)N(C=O)N(F)F)C(=O)N1CCC[C@H](N1)C(=O)OCC(C)(C)C2. The van der Waals surface area contributed by atoms with Crippen LogP contribution in [0.1, 0.15) is 64.2 Å². The summed E-state index contributed by atoms with van der Waals surface area (Å²) in [6, 6.07) is 8.96. The number of aryl methyl sites for hydroxylation is 1. The first-order valence-electron chi connectivity index (χ1n) is 19.5. The average molecular weight is 804 g/mol. The number of phenolic OH excluding ortho intramolecular Hbond substituents is 1. The summed E-state index contributed by atoms with van der Waals surface area (Å²) >= 11 is 0. The van der Waals surface area contributed by atoms with E-state index in [4.69, 9.17) is 9.47 Å². The highest BCUT2D eigenvalue weighted by molar-refractivity contribution is 5.96. The summed E-state index contributed by atoms with van der Waals surface area (Å²) in [6.45, 7) is 10.4. The van der Waals surface area contributed by atoms with Gasteiger partial charge in [-0.3, -0.25) is 29.2 Å². The molecular formula is C42H51F2N7O7. The van der Waals surface area contributed by atoms with E-state index in [9.17, 15) is 33.2 Å². The lowest BCUT2D eigenvalue weighted by atomic mass is 9.84. The molecule has 310 valence electrons. The number of ether oxygens (including phenoxy) is 2. The molecule has 4 heterocycles. The summed E-state index contributed by atoms with van der Waals surface area (Å²) in [7, 11) is 1.65. The quantitative estimate of drug-likeness (QED) is 0.0826. The highest BCUT2D eigenvalue weighted by atomic mass is 19.4. The summed E-state index contributed by atoms with van der Waals surface area (Å²) in [5.74, 6) is -3.05. The van der Waals surface area contributed by atoms with E-state index in [1.54, 1.807) is 19.4 Å². The Morgan fingerprint density at radius 2 is 1.95 bits per heavy atom. The molecule has 58 heavy (non-hydrogen) atoms. The Kier molecular flexibility index (Phi) is 12.8. The van der Waals surface area contributed by atoms with Crippen molar-refractivity contribution < 1.29 is 42.7 Å². The number of carbonyl (C=O) groups excluding carboxylic acids is 4. The van der Waals surface area contributed by atoms with Gasteiger partial charge in [0, 0.05) is 60.9 Å². The van der Waals surface area contributed by atoms with Gasteiger partial charge >= 0.3 is 5.97 Å². The lowest BCUT2D eigenvalue weighted by molar-refractivity contribution is -0.295. The fraction of sp³-hybridized carbons (Fsp3) is 0.452. The van der Waals surface area contributed by atoms with Crippen molar-refractivity contribution in [1.29, 1.82) is 0 Å². The van der Waals surface area contributed by atoms with Crippen LogP contribution in [0, 0.1) is 11.3 Å². The van der Waals surface area contributed by atoms with Crippen LogP contribution >= 0.6 is 0 Å². The van der Waals surface area contributed by atoms with Crippen LogP contribution in [-0.4, -0.2) is 92.7 Å². The standard InChI is InChI=1S/C42H51F2N7O7/c1-7-48-36-11-10-27-19-31(36)32(38(48)33-21-45-13-12-28(33)22-57-6)20-42(4,5)23-58-41(56)34-9-8-14-49(47-34)40(55)35(17-26-15-29(27)18-30(53)16-26)46-39(54)37(25(2)3)50(24-52)51(43)44/h10-13,15-16,18-19,21,24-25,34-35,37,47,53H,7-9,14,17,20,22-23H2,1-6H3,(H,46,54)/t34-,35?,37?/m0/s1. The van der Waals surface area contributed by atoms with Crippen molar-refractivity contribution in [2.24, 2.45) is 11.3 Å². The van der Waals surface area contributed by atoms with Crippen LogP contribution in [0.4, 0.5) is 8.96 Å². The van der Waals surface area contributed by atoms with E-state index in [0.29, 0.717) is 43.5 Å². The number of benzene rings is 2. The number of rotatable bonds is 10. The van der Waals surface area contributed by atoms with Gasteiger partial charge in [0.05, 0.1) is 18.9 Å². The fourth-order valence-corrected chi connectivity index (χ4v) is 8.11. The van der Waals surface area contributed by atoms with E-state index in [-0.39, 0.29) is 36.7 Å². The molecular weight excluding hydrogens is 752 g/mol. The summed E-state index contributed by atoms with van der Waals surface area (Å²) < 4.78 is 41.4. The zero-order valence-corrected chi connectivity index (χ0v) is 33.6. The van der Waals surface area contributed by atoms with Crippen LogP contribution in [0.25, 0.3) is 33.3 Å². The predicted octanol–water partition coefficient (Wildman–Crippen LogP) is 5.36. The van der Waals surface area contributed by atoms with Crippen LogP contribution in [0.3, 0.4) is 0 Å². The Morgan fingerprint density at radius 1 is 1.17 bits per heavy atom. The molecule has 2 aromatic carbocycles. The molecule has 0 aliphatic carbocycles. The van der Waals surface area contributed by atoms with Crippen molar-refractivity contribution in [2.45, 2.75) is 91.6 Å². The van der Waals surface area contributed by atoms with Crippen LogP contribution < -0.4 is 10.7 Å². The number of cyclic esters (lactones) is 1. The first kappa shape index (κ1) is 42.2. The van der Waals surface area contributed by atoms with Gasteiger partial charge in [0.15, 0.2) is 0 Å². The summed E-state index contributed by atoms with van der Waals surface area (Å²) in [5, 5.41) is 15.9. The first-order valence-corrected chi connectivity index (χ1v) is 19.5. The Balaban J connectivity index is 1.52. The number of pyridine rings is 1. The molecule has 3 N–H and O–H groups in total. The van der Waals surface area contributed by atoms with E-state index in [1.807, 2.05) is 44.3 Å². The van der Waals surface area contributed by atoms with Gasteiger partial charge in [0.1, 0.15) is 29.3 Å². The molecule has 3 amide bonds. The number of nitrogens with one attached hydrogen (secondary N) is 2. The number of amides is 3. The van der Waals surface area contributed by atoms with Gasteiger partial charge in [-0.05, 0) is 90.3 Å². The fourth-order valence-electron chi connectivity index (χ4n) is 8.11. The highest BCUT2D eigenvalue weighted by Crippen LogP contribution is 2.41. The number of halogens is 2. The number of hydrazine groups is 2. The monoisotopic (exact) mass is 803 g/mol. The maximum Gasteiger partial charge on any atom is 0.324 e. The lowest BCUT2D eigenvalue weighted by Gasteiger charge is -2.36. The van der Waals surface area contributed by atoms with Gasteiger partial charge in [0.2, 0.25) is 12.3 Å². The van der Waals surface area contributed by atoms with Crippen molar-refractivity contribution in [2.75, 3.05) is 20.3 Å². The number of hydrogen-bond acceptors (Lipinski definition) is 10. The van der Waals surface area contributed by atoms with Crippen LogP contribution in [-0.2, 0) is 54.6 Å². The van der Waals surface area contributed by atoms with Gasteiger partial charge < -0.3 is 24.5 Å². The van der Waals surface area contributed by atoms with Crippen LogP contribution in [0.5, 0.6) is 5.75 Å². The van der Waals surface area contributed by atoms with Crippen molar-refractivity contribution in [1.82, 2.24) is 35.8 Å². The van der Waals surface area contributed by atoms with Crippen LogP contribution in [0.2, 0.25) is 0 Å². The van der Waals surface area contributed by atoms with E-state index >= 15 is 0 Å². The number of hydrogen-bond donors (Lipinski definition) is 3. The molecule has 14 nitrogen and oxygen atoms in total. The molecule has 6 bridgehead atoms. The number of methoxy groups -OCH3 is 1. The molecule has 1 saturated heterocycles. The van der Waals surface area contributed by atoms with E-state index < -0.39 is 52.7 Å². The Bertz CT molecular complexity index is 2170. The molecule has 16 heteroatoms. The van der Waals surface area contributed by atoms with Gasteiger partial charge in [0.25, 0.3) is 5.91 Å². The Hall–Kier alpha value is -5.45. The molecule has 4 aromatic rings. The van der Waals surface area contributed by atoms with Crippen molar-refractivity contribution >= 4 is 35.1 Å².